The zero-order chi connectivity index (χ0) is 9.52. The highest BCUT2D eigenvalue weighted by Gasteiger charge is 1.95. The van der Waals surface area contributed by atoms with Gasteiger partial charge in [0.1, 0.15) is 0 Å². The summed E-state index contributed by atoms with van der Waals surface area (Å²) in [7, 11) is 0. The maximum absolute atomic E-state index is 4.24. The fourth-order valence-electron chi connectivity index (χ4n) is 1.42. The van der Waals surface area contributed by atoms with Gasteiger partial charge in [0.15, 0.2) is 0 Å². The number of aromatic nitrogens is 2. The Kier molecular flexibility index (Phi) is 4.54. The number of hydrogen-bond acceptors (Lipinski definition) is 1. The molecular formula is C10H20N3+. The van der Waals surface area contributed by atoms with Gasteiger partial charge in [-0.2, -0.15) is 5.10 Å². The molecule has 0 amide bonds. The molecule has 13 heavy (non-hydrogen) atoms. The van der Waals surface area contributed by atoms with Gasteiger partial charge in [0, 0.05) is 18.4 Å². The second-order valence-corrected chi connectivity index (χ2v) is 3.46. The summed E-state index contributed by atoms with van der Waals surface area (Å²) >= 11 is 0. The zero-order valence-electron chi connectivity index (χ0n) is 8.50. The minimum absolute atomic E-state index is 1.07. The van der Waals surface area contributed by atoms with Gasteiger partial charge in [-0.1, -0.05) is 6.42 Å². The summed E-state index contributed by atoms with van der Waals surface area (Å²) in [5.74, 6) is 0. The van der Waals surface area contributed by atoms with Gasteiger partial charge in [-0.15, -0.1) is 0 Å². The number of rotatable bonds is 6. The highest BCUT2D eigenvalue weighted by Crippen LogP contribution is 2.03. The highest BCUT2D eigenvalue weighted by atomic mass is 15.3. The fraction of sp³-hybridized carbons (Fsp3) is 0.700. The van der Waals surface area contributed by atoms with Crippen LogP contribution in [0.3, 0.4) is 0 Å². The van der Waals surface area contributed by atoms with Crippen LogP contribution in [0, 0.1) is 6.92 Å². The normalized spacial score (nSPS) is 10.6. The first-order chi connectivity index (χ1) is 6.34. The van der Waals surface area contributed by atoms with Crippen LogP contribution in [0.1, 0.15) is 31.4 Å². The molecule has 1 aromatic rings. The molecule has 0 fully saturated rings. The van der Waals surface area contributed by atoms with Gasteiger partial charge < -0.3 is 5.73 Å². The van der Waals surface area contributed by atoms with Gasteiger partial charge in [-0.25, -0.2) is 0 Å². The second kappa shape index (κ2) is 5.75. The number of nitrogens with zero attached hydrogens (tertiary/aromatic N) is 2. The van der Waals surface area contributed by atoms with Crippen molar-refractivity contribution in [3.8, 4) is 0 Å². The van der Waals surface area contributed by atoms with E-state index in [4.69, 9.17) is 0 Å². The molecule has 0 saturated carbocycles. The average Bonchev–Trinajstić information content (AvgIpc) is 2.52. The quantitative estimate of drug-likeness (QED) is 0.655. The van der Waals surface area contributed by atoms with Crippen LogP contribution in [0.2, 0.25) is 0 Å². The number of quaternary nitrogens is 1. The molecular weight excluding hydrogens is 162 g/mol. The minimum Gasteiger partial charge on any atom is -0.358 e. The Morgan fingerprint density at radius 3 is 2.69 bits per heavy atom. The van der Waals surface area contributed by atoms with Crippen LogP contribution in [-0.4, -0.2) is 16.3 Å². The van der Waals surface area contributed by atoms with Crippen molar-refractivity contribution in [2.75, 3.05) is 6.54 Å². The molecule has 1 rings (SSSR count). The van der Waals surface area contributed by atoms with Crippen LogP contribution in [-0.2, 0) is 6.54 Å². The fourth-order valence-corrected chi connectivity index (χ4v) is 1.42. The molecule has 0 aliphatic carbocycles. The summed E-state index contributed by atoms with van der Waals surface area (Å²) in [6.45, 7) is 4.24. The molecule has 0 radical (unpaired) electrons. The van der Waals surface area contributed by atoms with E-state index in [1.807, 2.05) is 6.20 Å². The lowest BCUT2D eigenvalue weighted by Crippen LogP contribution is -2.50. The Hall–Kier alpha value is -0.830. The standard InChI is InChI=1S/C10H19N3/c1-10-6-8-12-13(10)9-5-3-2-4-7-11/h6,8H,2-5,7,9,11H2,1H3/p+1. The summed E-state index contributed by atoms with van der Waals surface area (Å²) in [5.41, 5.74) is 5.09. The summed E-state index contributed by atoms with van der Waals surface area (Å²) in [6.07, 6.45) is 6.98. The molecule has 1 heterocycles. The lowest BCUT2D eigenvalue weighted by Gasteiger charge is -2.03. The molecule has 0 atom stereocenters. The van der Waals surface area contributed by atoms with E-state index in [1.165, 1.54) is 31.4 Å². The summed E-state index contributed by atoms with van der Waals surface area (Å²) in [5, 5.41) is 4.24. The topological polar surface area (TPSA) is 45.5 Å². The lowest BCUT2D eigenvalue weighted by molar-refractivity contribution is -0.368. The lowest BCUT2D eigenvalue weighted by atomic mass is 10.2. The van der Waals surface area contributed by atoms with E-state index in [-0.39, 0.29) is 0 Å². The monoisotopic (exact) mass is 182 g/mol. The van der Waals surface area contributed by atoms with Gasteiger partial charge in [0.2, 0.25) is 0 Å². The maximum atomic E-state index is 4.24. The number of hydrogen-bond donors (Lipinski definition) is 1. The van der Waals surface area contributed by atoms with Crippen molar-refractivity contribution in [2.24, 2.45) is 0 Å². The SMILES string of the molecule is Cc1ccnn1CCCCCC[NH3+]. The Morgan fingerprint density at radius 2 is 2.08 bits per heavy atom. The third-order valence-electron chi connectivity index (χ3n) is 2.30. The predicted molar refractivity (Wildman–Crippen MR) is 53.2 cm³/mol. The molecule has 0 spiro atoms. The molecule has 0 aliphatic rings. The number of unbranched alkanes of at least 4 members (excludes halogenated alkanes) is 3. The van der Waals surface area contributed by atoms with Gasteiger partial charge in [0.05, 0.1) is 6.54 Å². The molecule has 74 valence electrons. The zero-order valence-corrected chi connectivity index (χ0v) is 8.50. The van der Waals surface area contributed by atoms with Crippen molar-refractivity contribution in [2.45, 2.75) is 39.2 Å². The highest BCUT2D eigenvalue weighted by molar-refractivity contribution is 4.96. The van der Waals surface area contributed by atoms with Crippen LogP contribution in [0.5, 0.6) is 0 Å². The first kappa shape index (κ1) is 10.3. The minimum atomic E-state index is 1.07. The second-order valence-electron chi connectivity index (χ2n) is 3.46. The van der Waals surface area contributed by atoms with Crippen molar-refractivity contribution in [3.05, 3.63) is 18.0 Å². The predicted octanol–water partition coefficient (Wildman–Crippen LogP) is 0.994. The summed E-state index contributed by atoms with van der Waals surface area (Å²) in [6, 6.07) is 2.05. The van der Waals surface area contributed by atoms with Crippen LogP contribution in [0.25, 0.3) is 0 Å². The van der Waals surface area contributed by atoms with Crippen LogP contribution < -0.4 is 5.73 Å². The third-order valence-corrected chi connectivity index (χ3v) is 2.30. The van der Waals surface area contributed by atoms with E-state index in [2.05, 4.69) is 28.5 Å². The van der Waals surface area contributed by atoms with Crippen molar-refractivity contribution >= 4 is 0 Å². The van der Waals surface area contributed by atoms with E-state index in [9.17, 15) is 0 Å². The van der Waals surface area contributed by atoms with Crippen molar-refractivity contribution in [3.63, 3.8) is 0 Å². The Labute approximate surface area is 79.9 Å². The molecule has 3 N–H and O–H groups in total. The van der Waals surface area contributed by atoms with Crippen LogP contribution >= 0.6 is 0 Å². The van der Waals surface area contributed by atoms with E-state index < -0.39 is 0 Å². The van der Waals surface area contributed by atoms with E-state index in [0.717, 1.165) is 13.1 Å². The van der Waals surface area contributed by atoms with Gasteiger partial charge in [0.25, 0.3) is 0 Å². The molecule has 0 aromatic carbocycles. The molecule has 3 nitrogen and oxygen atoms in total. The van der Waals surface area contributed by atoms with Crippen molar-refractivity contribution < 1.29 is 5.73 Å². The molecule has 0 saturated heterocycles. The maximum Gasteiger partial charge on any atom is 0.0739 e. The average molecular weight is 182 g/mol. The molecule has 0 aliphatic heterocycles. The van der Waals surface area contributed by atoms with E-state index >= 15 is 0 Å². The molecule has 1 aromatic heterocycles. The third kappa shape index (κ3) is 3.59. The molecule has 0 bridgehead atoms. The van der Waals surface area contributed by atoms with Crippen molar-refractivity contribution in [1.82, 2.24) is 9.78 Å². The van der Waals surface area contributed by atoms with Gasteiger partial charge in [-0.3, -0.25) is 4.68 Å². The van der Waals surface area contributed by atoms with E-state index in [0.29, 0.717) is 0 Å². The Bertz CT molecular complexity index is 230. The summed E-state index contributed by atoms with van der Waals surface area (Å²) < 4.78 is 2.07. The number of aryl methyl sites for hydroxylation is 2. The van der Waals surface area contributed by atoms with Crippen LogP contribution in [0.15, 0.2) is 12.3 Å². The first-order valence-corrected chi connectivity index (χ1v) is 5.12. The largest absolute Gasteiger partial charge is 0.358 e. The molecule has 0 unspecified atom stereocenters. The molecule has 3 heteroatoms. The first-order valence-electron chi connectivity index (χ1n) is 5.12. The van der Waals surface area contributed by atoms with E-state index in [1.54, 1.807) is 0 Å². The smallest absolute Gasteiger partial charge is 0.0739 e. The Morgan fingerprint density at radius 1 is 1.31 bits per heavy atom. The van der Waals surface area contributed by atoms with Gasteiger partial charge >= 0.3 is 0 Å². The summed E-state index contributed by atoms with van der Waals surface area (Å²) in [4.78, 5) is 0. The Balaban J connectivity index is 2.10. The van der Waals surface area contributed by atoms with Crippen molar-refractivity contribution in [1.29, 1.82) is 0 Å². The van der Waals surface area contributed by atoms with Crippen LogP contribution in [0.4, 0.5) is 0 Å². The van der Waals surface area contributed by atoms with Gasteiger partial charge in [-0.05, 0) is 32.3 Å².